The van der Waals surface area contributed by atoms with Crippen molar-refractivity contribution in [3.8, 4) is 23.0 Å². The monoisotopic (exact) mass is 591 g/mol. The highest BCUT2D eigenvalue weighted by Gasteiger charge is 2.40. The lowest BCUT2D eigenvalue weighted by Gasteiger charge is -2.33. The Morgan fingerprint density at radius 2 is 1.17 bits per heavy atom. The maximum Gasteiger partial charge on any atom is 0.260 e. The topological polar surface area (TPSA) is 34.8 Å². The molecule has 0 spiro atoms. The molecule has 0 bridgehead atoms. The van der Waals surface area contributed by atoms with Gasteiger partial charge in [-0.1, -0.05) is 60.7 Å². The zero-order valence-corrected chi connectivity index (χ0v) is 25.0. The standard InChI is InChI=1S/C41H26BNO3/c1-25-20-38-40-39(21-25)45-37-23-32-31-18-16-26-22-29(43(27-10-4-2-5-11-27)28-12-6-3-7-13-28)17-19-30(26)41(31)46-36(32)24-34(37)42(40)33-14-8-9-15-35(33)44-38/h2-24H,1H3. The number of furan rings is 1. The molecule has 216 valence electrons. The van der Waals surface area contributed by atoms with Crippen LogP contribution in [0.15, 0.2) is 144 Å². The van der Waals surface area contributed by atoms with Crippen molar-refractivity contribution in [1.82, 2.24) is 0 Å². The maximum atomic E-state index is 6.74. The Labute approximate surface area is 266 Å². The van der Waals surface area contributed by atoms with Crippen molar-refractivity contribution >= 4 is 72.9 Å². The zero-order chi connectivity index (χ0) is 30.4. The molecular formula is C41H26BNO3. The average molecular weight is 591 g/mol. The van der Waals surface area contributed by atoms with Crippen LogP contribution in [0.25, 0.3) is 32.7 Å². The Bertz CT molecular complexity index is 2470. The SMILES string of the molecule is Cc1cc2c3c(c1)Oc1cc4c(cc1B3c1ccccc1O2)oc1c2ccc(N(c3ccccc3)c3ccccc3)cc2ccc41. The summed E-state index contributed by atoms with van der Waals surface area (Å²) in [5, 5.41) is 4.32. The van der Waals surface area contributed by atoms with Gasteiger partial charge in [-0.3, -0.25) is 0 Å². The molecule has 0 N–H and O–H groups in total. The van der Waals surface area contributed by atoms with Crippen LogP contribution in [0.2, 0.25) is 0 Å². The molecule has 0 saturated carbocycles. The van der Waals surface area contributed by atoms with E-state index in [-0.39, 0.29) is 6.71 Å². The van der Waals surface area contributed by atoms with Crippen molar-refractivity contribution < 1.29 is 13.9 Å². The molecule has 0 atom stereocenters. The summed E-state index contributed by atoms with van der Waals surface area (Å²) in [6.07, 6.45) is 0. The third-order valence-corrected chi connectivity index (χ3v) is 9.37. The van der Waals surface area contributed by atoms with E-state index in [0.29, 0.717) is 0 Å². The lowest BCUT2D eigenvalue weighted by atomic mass is 9.35. The Morgan fingerprint density at radius 3 is 1.93 bits per heavy atom. The van der Waals surface area contributed by atoms with Crippen LogP contribution in [0.1, 0.15) is 5.56 Å². The molecule has 0 unspecified atom stereocenters. The minimum absolute atomic E-state index is 0.00169. The van der Waals surface area contributed by atoms with Crippen molar-refractivity contribution in [2.24, 2.45) is 0 Å². The molecule has 0 fully saturated rings. The number of fused-ring (bicyclic) bond motifs is 9. The number of nitrogens with zero attached hydrogens (tertiary/aromatic N) is 1. The summed E-state index contributed by atoms with van der Waals surface area (Å²) < 4.78 is 19.7. The quantitative estimate of drug-likeness (QED) is 0.192. The Kier molecular flexibility index (Phi) is 5.26. The lowest BCUT2D eigenvalue weighted by molar-refractivity contribution is 0.464. The number of hydrogen-bond acceptors (Lipinski definition) is 4. The molecule has 10 rings (SSSR count). The van der Waals surface area contributed by atoms with E-state index >= 15 is 0 Å². The second-order valence-electron chi connectivity index (χ2n) is 12.2. The summed E-state index contributed by atoms with van der Waals surface area (Å²) in [4.78, 5) is 2.28. The molecule has 2 aliphatic rings. The molecular weight excluding hydrogens is 565 g/mol. The second kappa shape index (κ2) is 9.53. The third-order valence-electron chi connectivity index (χ3n) is 9.37. The first kappa shape index (κ1) is 25.4. The van der Waals surface area contributed by atoms with Crippen LogP contribution >= 0.6 is 0 Å². The van der Waals surface area contributed by atoms with Gasteiger partial charge in [0.2, 0.25) is 0 Å². The number of para-hydroxylation sites is 3. The van der Waals surface area contributed by atoms with Crippen LogP contribution in [0.4, 0.5) is 17.1 Å². The number of ether oxygens (including phenoxy) is 2. The summed E-state index contributed by atoms with van der Waals surface area (Å²) in [6.45, 7) is 2.08. The summed E-state index contributed by atoms with van der Waals surface area (Å²) >= 11 is 0. The van der Waals surface area contributed by atoms with E-state index in [2.05, 4.69) is 127 Å². The van der Waals surface area contributed by atoms with E-state index in [1.54, 1.807) is 0 Å². The second-order valence-corrected chi connectivity index (χ2v) is 12.2. The first-order valence-corrected chi connectivity index (χ1v) is 15.6. The molecule has 4 nitrogen and oxygen atoms in total. The highest BCUT2D eigenvalue weighted by Crippen LogP contribution is 2.42. The molecule has 7 aromatic carbocycles. The first-order chi connectivity index (χ1) is 22.7. The third kappa shape index (κ3) is 3.69. The van der Waals surface area contributed by atoms with E-state index in [1.165, 1.54) is 0 Å². The van der Waals surface area contributed by atoms with E-state index in [1.807, 2.05) is 24.3 Å². The smallest absolute Gasteiger partial charge is 0.260 e. The van der Waals surface area contributed by atoms with Crippen LogP contribution < -0.4 is 30.8 Å². The van der Waals surface area contributed by atoms with Crippen LogP contribution in [0, 0.1) is 6.92 Å². The van der Waals surface area contributed by atoms with Crippen LogP contribution in [-0.2, 0) is 0 Å². The molecule has 46 heavy (non-hydrogen) atoms. The van der Waals surface area contributed by atoms with Crippen LogP contribution in [0.5, 0.6) is 23.0 Å². The number of anilines is 3. The van der Waals surface area contributed by atoms with Crippen LogP contribution in [0.3, 0.4) is 0 Å². The molecule has 8 aromatic rings. The zero-order valence-electron chi connectivity index (χ0n) is 25.0. The Morgan fingerprint density at radius 1 is 0.500 bits per heavy atom. The van der Waals surface area contributed by atoms with Gasteiger partial charge < -0.3 is 18.8 Å². The molecule has 0 saturated heterocycles. The predicted molar refractivity (Wildman–Crippen MR) is 188 cm³/mol. The first-order valence-electron chi connectivity index (χ1n) is 15.6. The van der Waals surface area contributed by atoms with Crippen molar-refractivity contribution in [1.29, 1.82) is 0 Å². The largest absolute Gasteiger partial charge is 0.458 e. The van der Waals surface area contributed by atoms with Gasteiger partial charge >= 0.3 is 0 Å². The molecule has 5 heteroatoms. The van der Waals surface area contributed by atoms with Crippen molar-refractivity contribution in [2.45, 2.75) is 6.92 Å². The van der Waals surface area contributed by atoms with Gasteiger partial charge in [-0.25, -0.2) is 0 Å². The fraction of sp³-hybridized carbons (Fsp3) is 0.0244. The summed E-state index contributed by atoms with van der Waals surface area (Å²) in [5.41, 5.74) is 9.45. The van der Waals surface area contributed by atoms with E-state index in [0.717, 1.165) is 94.7 Å². The van der Waals surface area contributed by atoms with Gasteiger partial charge in [-0.05, 0) is 108 Å². The van der Waals surface area contributed by atoms with Crippen molar-refractivity contribution in [3.63, 3.8) is 0 Å². The number of hydrogen-bond donors (Lipinski definition) is 0. The fourth-order valence-electron chi connectivity index (χ4n) is 7.36. The van der Waals surface area contributed by atoms with Gasteiger partial charge in [-0.15, -0.1) is 0 Å². The minimum Gasteiger partial charge on any atom is -0.458 e. The predicted octanol–water partition coefficient (Wildman–Crippen LogP) is 9.25. The van der Waals surface area contributed by atoms with Crippen LogP contribution in [-0.4, -0.2) is 6.71 Å². The molecule has 3 heterocycles. The normalized spacial score (nSPS) is 12.8. The number of rotatable bonds is 3. The van der Waals surface area contributed by atoms with Gasteiger partial charge in [-0.2, -0.15) is 0 Å². The maximum absolute atomic E-state index is 6.74. The Hall–Kier alpha value is -5.94. The number of benzene rings is 7. The van der Waals surface area contributed by atoms with Crippen molar-refractivity contribution in [3.05, 3.63) is 145 Å². The van der Waals surface area contributed by atoms with Gasteiger partial charge in [0.15, 0.2) is 0 Å². The lowest BCUT2D eigenvalue weighted by Crippen LogP contribution is -2.57. The molecule has 0 amide bonds. The Balaban J connectivity index is 1.15. The average Bonchev–Trinajstić information content (AvgIpc) is 3.46. The van der Waals surface area contributed by atoms with Gasteiger partial charge in [0.05, 0.1) is 0 Å². The molecule has 0 aliphatic carbocycles. The fourth-order valence-corrected chi connectivity index (χ4v) is 7.36. The number of aryl methyl sites for hydroxylation is 1. The van der Waals surface area contributed by atoms with Crippen molar-refractivity contribution in [2.75, 3.05) is 4.90 Å². The molecule has 1 aromatic heterocycles. The minimum atomic E-state index is -0.00169. The summed E-state index contributed by atoms with van der Waals surface area (Å²) in [5.74, 6) is 3.46. The highest BCUT2D eigenvalue weighted by molar-refractivity contribution is 6.98. The van der Waals surface area contributed by atoms with Gasteiger partial charge in [0, 0.05) is 38.7 Å². The van der Waals surface area contributed by atoms with E-state index in [4.69, 9.17) is 13.9 Å². The highest BCUT2D eigenvalue weighted by atomic mass is 16.5. The summed E-state index contributed by atoms with van der Waals surface area (Å²) in [6, 6.07) is 48.8. The van der Waals surface area contributed by atoms with E-state index < -0.39 is 0 Å². The molecule has 2 aliphatic heterocycles. The van der Waals surface area contributed by atoms with Gasteiger partial charge in [0.25, 0.3) is 6.71 Å². The summed E-state index contributed by atoms with van der Waals surface area (Å²) in [7, 11) is 0. The van der Waals surface area contributed by atoms with Gasteiger partial charge in [0.1, 0.15) is 34.2 Å². The van der Waals surface area contributed by atoms with E-state index in [9.17, 15) is 0 Å². The molecule has 0 radical (unpaired) electrons.